The SMILES string of the molecule is CC(C)(C)/C(=N/N)C(=O)O. The lowest BCUT2D eigenvalue weighted by Crippen LogP contribution is -2.29. The van der Waals surface area contributed by atoms with Gasteiger partial charge in [0.2, 0.25) is 0 Å². The van der Waals surface area contributed by atoms with Gasteiger partial charge in [-0.2, -0.15) is 5.10 Å². The summed E-state index contributed by atoms with van der Waals surface area (Å²) < 4.78 is 0. The zero-order valence-electron chi connectivity index (χ0n) is 6.38. The van der Waals surface area contributed by atoms with E-state index in [0.29, 0.717) is 0 Å². The average molecular weight is 144 g/mol. The largest absolute Gasteiger partial charge is 0.477 e. The van der Waals surface area contributed by atoms with Crippen molar-refractivity contribution in [2.45, 2.75) is 20.8 Å². The molecule has 0 radical (unpaired) electrons. The Morgan fingerprint density at radius 2 is 1.90 bits per heavy atom. The van der Waals surface area contributed by atoms with Crippen LogP contribution in [0.3, 0.4) is 0 Å². The molecule has 0 unspecified atom stereocenters. The Morgan fingerprint density at radius 3 is 1.90 bits per heavy atom. The Labute approximate surface area is 59.7 Å². The first-order valence-electron chi connectivity index (χ1n) is 2.91. The maximum Gasteiger partial charge on any atom is 0.352 e. The molecule has 0 aromatic carbocycles. The lowest BCUT2D eigenvalue weighted by molar-refractivity contribution is -0.129. The molecule has 58 valence electrons. The van der Waals surface area contributed by atoms with Crippen molar-refractivity contribution in [1.82, 2.24) is 0 Å². The molecule has 0 aliphatic carbocycles. The summed E-state index contributed by atoms with van der Waals surface area (Å²) in [6, 6.07) is 0. The second kappa shape index (κ2) is 2.68. The number of rotatable bonds is 1. The molecule has 10 heavy (non-hydrogen) atoms. The van der Waals surface area contributed by atoms with Crippen LogP contribution >= 0.6 is 0 Å². The highest BCUT2D eigenvalue weighted by molar-refractivity contribution is 6.37. The van der Waals surface area contributed by atoms with Gasteiger partial charge in [-0.1, -0.05) is 20.8 Å². The van der Waals surface area contributed by atoms with E-state index in [9.17, 15) is 4.79 Å². The van der Waals surface area contributed by atoms with Crippen LogP contribution in [-0.2, 0) is 4.79 Å². The van der Waals surface area contributed by atoms with E-state index in [1.807, 2.05) is 0 Å². The van der Waals surface area contributed by atoms with Crippen LogP contribution in [0.25, 0.3) is 0 Å². The summed E-state index contributed by atoms with van der Waals surface area (Å²) in [4.78, 5) is 10.4. The van der Waals surface area contributed by atoms with Crippen LogP contribution in [0.15, 0.2) is 5.10 Å². The first-order chi connectivity index (χ1) is 4.39. The van der Waals surface area contributed by atoms with Crippen LogP contribution in [0.1, 0.15) is 20.8 Å². The topological polar surface area (TPSA) is 75.7 Å². The first kappa shape index (κ1) is 8.94. The van der Waals surface area contributed by atoms with Crippen molar-refractivity contribution in [2.24, 2.45) is 16.4 Å². The summed E-state index contributed by atoms with van der Waals surface area (Å²) in [5.41, 5.74) is -0.492. The van der Waals surface area contributed by atoms with Gasteiger partial charge < -0.3 is 10.9 Å². The van der Waals surface area contributed by atoms with Gasteiger partial charge in [-0.05, 0) is 0 Å². The van der Waals surface area contributed by atoms with E-state index in [4.69, 9.17) is 10.9 Å². The van der Waals surface area contributed by atoms with Crippen molar-refractivity contribution in [1.29, 1.82) is 0 Å². The van der Waals surface area contributed by atoms with Gasteiger partial charge in [0.25, 0.3) is 0 Å². The van der Waals surface area contributed by atoms with Gasteiger partial charge in [0.1, 0.15) is 5.71 Å². The molecule has 0 saturated heterocycles. The average Bonchev–Trinajstić information content (AvgIpc) is 1.60. The van der Waals surface area contributed by atoms with E-state index in [2.05, 4.69) is 5.10 Å². The molecule has 0 aromatic rings. The normalized spacial score (nSPS) is 13.3. The Hall–Kier alpha value is -1.06. The summed E-state index contributed by atoms with van der Waals surface area (Å²) in [5.74, 6) is 3.81. The Kier molecular flexibility index (Phi) is 2.40. The third kappa shape index (κ3) is 2.05. The minimum Gasteiger partial charge on any atom is -0.477 e. The lowest BCUT2D eigenvalue weighted by Gasteiger charge is -2.15. The fourth-order valence-electron chi connectivity index (χ4n) is 0.570. The Balaban J connectivity index is 4.56. The predicted molar refractivity (Wildman–Crippen MR) is 38.7 cm³/mol. The van der Waals surface area contributed by atoms with Gasteiger partial charge in [-0.15, -0.1) is 0 Å². The smallest absolute Gasteiger partial charge is 0.352 e. The Morgan fingerprint density at radius 1 is 1.50 bits per heavy atom. The maximum atomic E-state index is 10.4. The molecule has 0 heterocycles. The molecule has 0 amide bonds. The van der Waals surface area contributed by atoms with Gasteiger partial charge in [-0.3, -0.25) is 0 Å². The van der Waals surface area contributed by atoms with E-state index >= 15 is 0 Å². The van der Waals surface area contributed by atoms with E-state index in [1.165, 1.54) is 0 Å². The molecule has 0 fully saturated rings. The monoisotopic (exact) mass is 144 g/mol. The summed E-state index contributed by atoms with van der Waals surface area (Å²) in [6.45, 7) is 5.23. The third-order valence-corrected chi connectivity index (χ3v) is 1.04. The molecule has 0 aromatic heterocycles. The highest BCUT2D eigenvalue weighted by atomic mass is 16.4. The second-order valence-corrected chi connectivity index (χ2v) is 3.03. The molecule has 0 bridgehead atoms. The molecule has 4 heteroatoms. The molecule has 0 atom stereocenters. The predicted octanol–water partition coefficient (Wildman–Crippen LogP) is 0.432. The molecular formula is C6H12N2O2. The summed E-state index contributed by atoms with van der Waals surface area (Å²) >= 11 is 0. The molecule has 0 spiro atoms. The Bertz CT molecular complexity index is 167. The van der Waals surface area contributed by atoms with E-state index in [-0.39, 0.29) is 5.71 Å². The summed E-state index contributed by atoms with van der Waals surface area (Å²) in [7, 11) is 0. The molecule has 0 saturated carbocycles. The van der Waals surface area contributed by atoms with Crippen molar-refractivity contribution in [3.05, 3.63) is 0 Å². The highest BCUT2D eigenvalue weighted by Crippen LogP contribution is 2.15. The van der Waals surface area contributed by atoms with Crippen molar-refractivity contribution >= 4 is 11.7 Å². The second-order valence-electron chi connectivity index (χ2n) is 3.03. The van der Waals surface area contributed by atoms with Gasteiger partial charge in [0, 0.05) is 5.41 Å². The van der Waals surface area contributed by atoms with Crippen LogP contribution in [0.4, 0.5) is 0 Å². The standard InChI is InChI=1S/C6H12N2O2/c1-6(2,3)4(8-7)5(9)10/h7H2,1-3H3,(H,9,10)/b8-4+. The van der Waals surface area contributed by atoms with Crippen molar-refractivity contribution in [3.63, 3.8) is 0 Å². The minimum absolute atomic E-state index is 0.00694. The van der Waals surface area contributed by atoms with Gasteiger partial charge in [-0.25, -0.2) is 4.79 Å². The number of carboxylic acids is 1. The molecule has 0 aliphatic rings. The number of carboxylic acid groups (broad SMARTS) is 1. The van der Waals surface area contributed by atoms with Gasteiger partial charge in [0.05, 0.1) is 0 Å². The zero-order valence-corrected chi connectivity index (χ0v) is 6.38. The molecule has 4 nitrogen and oxygen atoms in total. The van der Waals surface area contributed by atoms with Crippen molar-refractivity contribution in [3.8, 4) is 0 Å². The third-order valence-electron chi connectivity index (χ3n) is 1.04. The molecule has 0 rings (SSSR count). The molecular weight excluding hydrogens is 132 g/mol. The number of carbonyl (C=O) groups is 1. The molecule has 3 N–H and O–H groups in total. The van der Waals surface area contributed by atoms with Crippen LogP contribution in [0, 0.1) is 5.41 Å². The molecule has 0 aliphatic heterocycles. The van der Waals surface area contributed by atoms with Crippen molar-refractivity contribution in [2.75, 3.05) is 0 Å². The van der Waals surface area contributed by atoms with E-state index in [0.717, 1.165) is 0 Å². The summed E-state index contributed by atoms with van der Waals surface area (Å²) in [5, 5.41) is 11.7. The zero-order chi connectivity index (χ0) is 8.36. The maximum absolute atomic E-state index is 10.4. The van der Waals surface area contributed by atoms with Crippen LogP contribution in [-0.4, -0.2) is 16.8 Å². The minimum atomic E-state index is -1.06. The fraction of sp³-hybridized carbons (Fsp3) is 0.667. The number of hydrazone groups is 1. The van der Waals surface area contributed by atoms with Crippen LogP contribution in [0.2, 0.25) is 0 Å². The van der Waals surface area contributed by atoms with E-state index < -0.39 is 11.4 Å². The first-order valence-corrected chi connectivity index (χ1v) is 2.91. The number of hydrogen-bond donors (Lipinski definition) is 2. The highest BCUT2D eigenvalue weighted by Gasteiger charge is 2.24. The van der Waals surface area contributed by atoms with Gasteiger partial charge in [0.15, 0.2) is 0 Å². The number of hydrogen-bond acceptors (Lipinski definition) is 3. The number of nitrogens with two attached hydrogens (primary N) is 1. The fourth-order valence-corrected chi connectivity index (χ4v) is 0.570. The van der Waals surface area contributed by atoms with Crippen molar-refractivity contribution < 1.29 is 9.90 Å². The number of aliphatic carboxylic acids is 1. The quantitative estimate of drug-likeness (QED) is 0.318. The van der Waals surface area contributed by atoms with Crippen LogP contribution in [0.5, 0.6) is 0 Å². The number of nitrogens with zero attached hydrogens (tertiary/aromatic N) is 1. The van der Waals surface area contributed by atoms with Gasteiger partial charge >= 0.3 is 5.97 Å². The lowest BCUT2D eigenvalue weighted by atomic mass is 9.90. The van der Waals surface area contributed by atoms with E-state index in [1.54, 1.807) is 20.8 Å². The van der Waals surface area contributed by atoms with Crippen LogP contribution < -0.4 is 5.84 Å². The summed E-state index contributed by atoms with van der Waals surface area (Å²) in [6.07, 6.45) is 0.